The number of ketones is 1. The van der Waals surface area contributed by atoms with Gasteiger partial charge in [-0.2, -0.15) is 0 Å². The molecular formula is C16H20O5. The summed E-state index contributed by atoms with van der Waals surface area (Å²) >= 11 is 0. The van der Waals surface area contributed by atoms with E-state index in [1.807, 2.05) is 0 Å². The van der Waals surface area contributed by atoms with Crippen molar-refractivity contribution in [2.45, 2.75) is 13.8 Å². The fourth-order valence-electron chi connectivity index (χ4n) is 1.53. The van der Waals surface area contributed by atoms with Gasteiger partial charge in [0, 0.05) is 11.6 Å². The summed E-state index contributed by atoms with van der Waals surface area (Å²) in [6.07, 6.45) is 1.09. The summed E-state index contributed by atoms with van der Waals surface area (Å²) in [4.78, 5) is 22.9. The predicted octanol–water partition coefficient (Wildman–Crippen LogP) is 2.00. The molecule has 0 aliphatic carbocycles. The summed E-state index contributed by atoms with van der Waals surface area (Å²) in [6.45, 7) is 6.80. The van der Waals surface area contributed by atoms with Gasteiger partial charge in [-0.3, -0.25) is 4.79 Å². The van der Waals surface area contributed by atoms with Crippen LogP contribution in [0, 0.1) is 5.41 Å². The summed E-state index contributed by atoms with van der Waals surface area (Å²) in [6, 6.07) is 6.61. The number of ether oxygens (including phenoxy) is 2. The molecule has 0 aromatic heterocycles. The van der Waals surface area contributed by atoms with Crippen molar-refractivity contribution in [3.8, 4) is 5.75 Å². The van der Waals surface area contributed by atoms with Gasteiger partial charge >= 0.3 is 5.97 Å². The van der Waals surface area contributed by atoms with Crippen molar-refractivity contribution < 1.29 is 24.2 Å². The number of carbonyl (C=O) groups excluding carboxylic acids is 2. The summed E-state index contributed by atoms with van der Waals surface area (Å²) in [5.41, 5.74) is -0.291. The van der Waals surface area contributed by atoms with Crippen molar-refractivity contribution in [3.63, 3.8) is 0 Å². The molecule has 0 saturated heterocycles. The van der Waals surface area contributed by atoms with Gasteiger partial charge in [-0.25, -0.2) is 4.79 Å². The Morgan fingerprint density at radius 3 is 2.38 bits per heavy atom. The number of hydrogen-bond donors (Lipinski definition) is 1. The van der Waals surface area contributed by atoms with Crippen LogP contribution < -0.4 is 4.74 Å². The van der Waals surface area contributed by atoms with E-state index in [0.29, 0.717) is 11.3 Å². The summed E-state index contributed by atoms with van der Waals surface area (Å²) in [7, 11) is 0. The Morgan fingerprint density at radius 1 is 1.24 bits per heavy atom. The lowest BCUT2D eigenvalue weighted by Crippen LogP contribution is -2.28. The maximum atomic E-state index is 12.1. The van der Waals surface area contributed by atoms with Gasteiger partial charge in [0.1, 0.15) is 19.0 Å². The monoisotopic (exact) mass is 292 g/mol. The standard InChI is InChI=1S/C16H20O5/c1-4-14(18)21-10-9-20-13-7-5-12(6-8-13)15(19)16(2,3)11-17/h4-8,17H,1,9-11H2,2-3H3. The Hall–Kier alpha value is -2.14. The molecule has 0 radical (unpaired) electrons. The fraction of sp³-hybridized carbons (Fsp3) is 0.375. The highest BCUT2D eigenvalue weighted by molar-refractivity contribution is 6.00. The number of aliphatic hydroxyl groups is 1. The molecular weight excluding hydrogens is 272 g/mol. The zero-order valence-electron chi connectivity index (χ0n) is 12.3. The number of Topliss-reactive ketones (excluding diaryl/α,β-unsaturated/α-hetero) is 1. The normalized spacial score (nSPS) is 10.8. The zero-order chi connectivity index (χ0) is 15.9. The van der Waals surface area contributed by atoms with Crippen molar-refractivity contribution in [2.24, 2.45) is 5.41 Å². The van der Waals surface area contributed by atoms with E-state index in [9.17, 15) is 14.7 Å². The first kappa shape index (κ1) is 16.9. The van der Waals surface area contributed by atoms with Gasteiger partial charge < -0.3 is 14.6 Å². The second kappa shape index (κ2) is 7.59. The van der Waals surface area contributed by atoms with E-state index in [1.165, 1.54) is 0 Å². The third-order valence-electron chi connectivity index (χ3n) is 2.89. The van der Waals surface area contributed by atoms with E-state index in [-0.39, 0.29) is 25.6 Å². The summed E-state index contributed by atoms with van der Waals surface area (Å²) < 4.78 is 10.1. The molecule has 0 spiro atoms. The van der Waals surface area contributed by atoms with Crippen LogP contribution in [0.3, 0.4) is 0 Å². The molecule has 0 aliphatic rings. The molecule has 0 saturated carbocycles. The molecule has 1 aromatic rings. The van der Waals surface area contributed by atoms with Crippen LogP contribution in [0.25, 0.3) is 0 Å². The Morgan fingerprint density at radius 2 is 1.86 bits per heavy atom. The molecule has 5 heteroatoms. The quantitative estimate of drug-likeness (QED) is 0.343. The SMILES string of the molecule is C=CC(=O)OCCOc1ccc(C(=O)C(C)(C)CO)cc1. The number of benzene rings is 1. The highest BCUT2D eigenvalue weighted by Gasteiger charge is 2.27. The van der Waals surface area contributed by atoms with Crippen LogP contribution in [0.1, 0.15) is 24.2 Å². The van der Waals surface area contributed by atoms with Crippen molar-refractivity contribution in [3.05, 3.63) is 42.5 Å². The third kappa shape index (κ3) is 5.04. The Kier molecular flexibility index (Phi) is 6.11. The molecule has 0 bridgehead atoms. The molecule has 0 fully saturated rings. The zero-order valence-corrected chi connectivity index (χ0v) is 12.3. The first-order valence-corrected chi connectivity index (χ1v) is 6.58. The number of aliphatic hydroxyl groups excluding tert-OH is 1. The molecule has 1 N–H and O–H groups in total. The van der Waals surface area contributed by atoms with Crippen LogP contribution in [-0.4, -0.2) is 36.7 Å². The van der Waals surface area contributed by atoms with Crippen molar-refractivity contribution in [1.29, 1.82) is 0 Å². The minimum Gasteiger partial charge on any atom is -0.490 e. The molecule has 5 nitrogen and oxygen atoms in total. The Balaban J connectivity index is 2.53. The molecule has 0 unspecified atom stereocenters. The second-order valence-corrected chi connectivity index (χ2v) is 5.12. The molecule has 21 heavy (non-hydrogen) atoms. The van der Waals surface area contributed by atoms with Crippen LogP contribution >= 0.6 is 0 Å². The van der Waals surface area contributed by atoms with Crippen LogP contribution in [0.5, 0.6) is 5.75 Å². The van der Waals surface area contributed by atoms with Crippen LogP contribution in [0.4, 0.5) is 0 Å². The minimum absolute atomic E-state index is 0.128. The van der Waals surface area contributed by atoms with E-state index < -0.39 is 11.4 Å². The summed E-state index contributed by atoms with van der Waals surface area (Å²) in [5, 5.41) is 9.19. The van der Waals surface area contributed by atoms with E-state index >= 15 is 0 Å². The van der Waals surface area contributed by atoms with Crippen molar-refractivity contribution in [2.75, 3.05) is 19.8 Å². The van der Waals surface area contributed by atoms with Crippen molar-refractivity contribution >= 4 is 11.8 Å². The van der Waals surface area contributed by atoms with Gasteiger partial charge in [0.15, 0.2) is 5.78 Å². The highest BCUT2D eigenvalue weighted by Crippen LogP contribution is 2.22. The molecule has 0 aliphatic heterocycles. The lowest BCUT2D eigenvalue weighted by atomic mass is 9.85. The second-order valence-electron chi connectivity index (χ2n) is 5.12. The fourth-order valence-corrected chi connectivity index (χ4v) is 1.53. The molecule has 114 valence electrons. The van der Waals surface area contributed by atoms with Crippen LogP contribution in [-0.2, 0) is 9.53 Å². The number of esters is 1. The lowest BCUT2D eigenvalue weighted by molar-refractivity contribution is -0.138. The predicted molar refractivity (Wildman–Crippen MR) is 78.3 cm³/mol. The van der Waals surface area contributed by atoms with Gasteiger partial charge in [-0.05, 0) is 24.3 Å². The Bertz CT molecular complexity index is 502. The minimum atomic E-state index is -0.804. The maximum absolute atomic E-state index is 12.1. The largest absolute Gasteiger partial charge is 0.490 e. The molecule has 0 amide bonds. The maximum Gasteiger partial charge on any atom is 0.330 e. The molecule has 1 rings (SSSR count). The first-order chi connectivity index (χ1) is 9.90. The van der Waals surface area contributed by atoms with Crippen LogP contribution in [0.15, 0.2) is 36.9 Å². The third-order valence-corrected chi connectivity index (χ3v) is 2.89. The van der Waals surface area contributed by atoms with E-state index in [1.54, 1.807) is 38.1 Å². The van der Waals surface area contributed by atoms with Gasteiger partial charge in [-0.1, -0.05) is 20.4 Å². The highest BCUT2D eigenvalue weighted by atomic mass is 16.6. The average Bonchev–Trinajstić information content (AvgIpc) is 2.51. The smallest absolute Gasteiger partial charge is 0.330 e. The van der Waals surface area contributed by atoms with E-state index in [2.05, 4.69) is 6.58 Å². The number of carbonyl (C=O) groups is 2. The topological polar surface area (TPSA) is 72.8 Å². The van der Waals surface area contributed by atoms with Crippen LogP contribution in [0.2, 0.25) is 0 Å². The molecule has 0 atom stereocenters. The molecule has 0 heterocycles. The number of hydrogen-bond acceptors (Lipinski definition) is 5. The van der Waals surface area contributed by atoms with Gasteiger partial charge in [0.2, 0.25) is 0 Å². The average molecular weight is 292 g/mol. The lowest BCUT2D eigenvalue weighted by Gasteiger charge is -2.19. The number of rotatable bonds is 8. The molecule has 1 aromatic carbocycles. The van der Waals surface area contributed by atoms with E-state index in [0.717, 1.165) is 6.08 Å². The van der Waals surface area contributed by atoms with Crippen molar-refractivity contribution in [1.82, 2.24) is 0 Å². The first-order valence-electron chi connectivity index (χ1n) is 6.58. The van der Waals surface area contributed by atoms with Gasteiger partial charge in [-0.15, -0.1) is 0 Å². The summed E-state index contributed by atoms with van der Waals surface area (Å²) in [5.74, 6) is -0.0507. The van der Waals surface area contributed by atoms with Gasteiger partial charge in [0.25, 0.3) is 0 Å². The van der Waals surface area contributed by atoms with Gasteiger partial charge in [0.05, 0.1) is 12.0 Å². The Labute approximate surface area is 124 Å². The van der Waals surface area contributed by atoms with E-state index in [4.69, 9.17) is 9.47 Å².